The van der Waals surface area contributed by atoms with Crippen molar-refractivity contribution < 1.29 is 9.84 Å². The van der Waals surface area contributed by atoms with Crippen LogP contribution in [0.25, 0.3) is 11.0 Å². The summed E-state index contributed by atoms with van der Waals surface area (Å²) in [5.41, 5.74) is 3.07. The molecule has 4 heteroatoms. The Labute approximate surface area is 193 Å². The van der Waals surface area contributed by atoms with Gasteiger partial charge in [-0.25, -0.2) is 4.98 Å². The van der Waals surface area contributed by atoms with Crippen LogP contribution in [0, 0.1) is 0 Å². The molecule has 5 rings (SSSR count). The zero-order chi connectivity index (χ0) is 22.7. The molecule has 0 aliphatic carbocycles. The summed E-state index contributed by atoms with van der Waals surface area (Å²) in [5, 5.41) is 12.3. The van der Waals surface area contributed by atoms with Gasteiger partial charge in [-0.05, 0) is 47.9 Å². The van der Waals surface area contributed by atoms with Gasteiger partial charge >= 0.3 is 0 Å². The van der Waals surface area contributed by atoms with Crippen LogP contribution in [0.4, 0.5) is 0 Å². The van der Waals surface area contributed by atoms with Crippen molar-refractivity contribution in [2.75, 3.05) is 0 Å². The highest BCUT2D eigenvalue weighted by Gasteiger charge is 2.38. The Morgan fingerprint density at radius 2 is 1.36 bits per heavy atom. The molecule has 1 N–H and O–H groups in total. The number of imidazole rings is 1. The molecule has 0 bridgehead atoms. The van der Waals surface area contributed by atoms with Gasteiger partial charge in [0.25, 0.3) is 0 Å². The summed E-state index contributed by atoms with van der Waals surface area (Å²) in [4.78, 5) is 4.94. The summed E-state index contributed by atoms with van der Waals surface area (Å²) in [6.07, 6.45) is 0. The van der Waals surface area contributed by atoms with Crippen LogP contribution in [0.5, 0.6) is 5.75 Å². The number of aromatic nitrogens is 2. The van der Waals surface area contributed by atoms with Gasteiger partial charge in [0.15, 0.2) is 11.4 Å². The fraction of sp³-hybridized carbons (Fsp3) is 0.138. The van der Waals surface area contributed by atoms with Gasteiger partial charge in [0.1, 0.15) is 12.4 Å². The molecule has 1 heterocycles. The number of benzene rings is 4. The molecular weight excluding hydrogens is 408 g/mol. The smallest absolute Gasteiger partial charge is 0.173 e. The molecule has 0 unspecified atom stereocenters. The Bertz CT molecular complexity index is 1310. The molecule has 0 aliphatic heterocycles. The number of rotatable bonds is 7. The molecule has 0 saturated heterocycles. The monoisotopic (exact) mass is 434 g/mol. The first-order valence-corrected chi connectivity index (χ1v) is 11.2. The van der Waals surface area contributed by atoms with Crippen LogP contribution in [0.15, 0.2) is 109 Å². The fourth-order valence-corrected chi connectivity index (χ4v) is 4.32. The normalized spacial score (nSPS) is 11.6. The van der Waals surface area contributed by atoms with Crippen molar-refractivity contribution in [3.8, 4) is 5.75 Å². The second-order valence-corrected chi connectivity index (χ2v) is 8.05. The van der Waals surface area contributed by atoms with E-state index in [1.54, 1.807) is 0 Å². The molecule has 0 saturated carbocycles. The number of fused-ring (bicyclic) bond motifs is 1. The Hall–Kier alpha value is -3.89. The Morgan fingerprint density at radius 1 is 0.788 bits per heavy atom. The van der Waals surface area contributed by atoms with Crippen molar-refractivity contribution >= 4 is 11.0 Å². The Morgan fingerprint density at radius 3 is 1.94 bits per heavy atom. The van der Waals surface area contributed by atoms with Crippen molar-refractivity contribution in [2.45, 2.75) is 25.7 Å². The zero-order valence-electron chi connectivity index (χ0n) is 18.6. The lowest BCUT2D eigenvalue weighted by Crippen LogP contribution is -2.32. The lowest BCUT2D eigenvalue weighted by molar-refractivity contribution is 0.112. The number of aryl methyl sites for hydroxylation is 1. The van der Waals surface area contributed by atoms with E-state index in [2.05, 4.69) is 17.6 Å². The van der Waals surface area contributed by atoms with Crippen molar-refractivity contribution in [3.63, 3.8) is 0 Å². The molecule has 164 valence electrons. The third-order valence-electron chi connectivity index (χ3n) is 5.98. The van der Waals surface area contributed by atoms with Gasteiger partial charge in [-0.15, -0.1) is 0 Å². The van der Waals surface area contributed by atoms with Gasteiger partial charge < -0.3 is 14.4 Å². The van der Waals surface area contributed by atoms with E-state index >= 15 is 0 Å². The number of hydrogen-bond donors (Lipinski definition) is 1. The summed E-state index contributed by atoms with van der Waals surface area (Å²) < 4.78 is 8.05. The second kappa shape index (κ2) is 8.93. The Kier molecular flexibility index (Phi) is 5.68. The number of aliphatic hydroxyl groups is 1. The fourth-order valence-electron chi connectivity index (χ4n) is 4.32. The van der Waals surface area contributed by atoms with E-state index in [0.29, 0.717) is 19.0 Å². The molecule has 0 fully saturated rings. The average molecular weight is 435 g/mol. The minimum absolute atomic E-state index is 0.464. The summed E-state index contributed by atoms with van der Waals surface area (Å²) in [6, 6.07) is 35.4. The van der Waals surface area contributed by atoms with Gasteiger partial charge in [-0.3, -0.25) is 0 Å². The highest BCUT2D eigenvalue weighted by Crippen LogP contribution is 2.37. The molecule has 4 nitrogen and oxygen atoms in total. The quantitative estimate of drug-likeness (QED) is 0.346. The van der Waals surface area contributed by atoms with Crippen LogP contribution in [-0.2, 0) is 18.8 Å². The number of ether oxygens (including phenoxy) is 1. The minimum atomic E-state index is -1.38. The minimum Gasteiger partial charge on any atom is -0.489 e. The lowest BCUT2D eigenvalue weighted by Gasteiger charge is -2.29. The highest BCUT2D eigenvalue weighted by molar-refractivity contribution is 5.77. The maximum absolute atomic E-state index is 12.3. The second-order valence-electron chi connectivity index (χ2n) is 8.05. The predicted molar refractivity (Wildman–Crippen MR) is 131 cm³/mol. The van der Waals surface area contributed by atoms with E-state index < -0.39 is 5.60 Å². The third-order valence-corrected chi connectivity index (χ3v) is 5.98. The van der Waals surface area contributed by atoms with Crippen LogP contribution in [0.1, 0.15) is 29.4 Å². The molecular formula is C29H26N2O2. The zero-order valence-corrected chi connectivity index (χ0v) is 18.6. The van der Waals surface area contributed by atoms with Gasteiger partial charge in [-0.2, -0.15) is 0 Å². The SMILES string of the molecule is CCn1c(C(O)(c2ccccc2)c2ccccc2)nc2ccc(COc3ccccc3)cc21. The highest BCUT2D eigenvalue weighted by atomic mass is 16.5. The Balaban J connectivity index is 1.61. The van der Waals surface area contributed by atoms with E-state index in [1.807, 2.05) is 103 Å². The molecule has 0 atom stereocenters. The standard InChI is InChI=1S/C29H26N2O2/c1-2-31-27-20-22(21-33-25-16-10-5-11-17-25)18-19-26(27)30-28(31)29(32,23-12-6-3-7-13-23)24-14-8-4-9-15-24/h3-20,32H,2,21H2,1H3. The number of nitrogens with zero attached hydrogens (tertiary/aromatic N) is 2. The van der Waals surface area contributed by atoms with E-state index in [4.69, 9.17) is 9.72 Å². The first kappa shape index (κ1) is 21.0. The average Bonchev–Trinajstić information content (AvgIpc) is 3.27. The van der Waals surface area contributed by atoms with Crippen LogP contribution in [0.3, 0.4) is 0 Å². The van der Waals surface area contributed by atoms with Crippen molar-refractivity contribution in [1.29, 1.82) is 0 Å². The number of para-hydroxylation sites is 1. The van der Waals surface area contributed by atoms with Crippen LogP contribution in [0.2, 0.25) is 0 Å². The molecule has 0 aliphatic rings. The third kappa shape index (κ3) is 3.90. The first-order chi connectivity index (χ1) is 16.2. The summed E-state index contributed by atoms with van der Waals surface area (Å²) in [6.45, 7) is 3.22. The molecule has 0 radical (unpaired) electrons. The predicted octanol–water partition coefficient (Wildman–Crippen LogP) is 5.92. The van der Waals surface area contributed by atoms with E-state index in [-0.39, 0.29) is 0 Å². The van der Waals surface area contributed by atoms with Crippen molar-refractivity contribution in [1.82, 2.24) is 9.55 Å². The maximum Gasteiger partial charge on any atom is 0.173 e. The molecule has 0 spiro atoms. The molecule has 1 aromatic heterocycles. The van der Waals surface area contributed by atoms with Crippen LogP contribution < -0.4 is 4.74 Å². The van der Waals surface area contributed by atoms with Gasteiger partial charge in [0, 0.05) is 6.54 Å². The summed E-state index contributed by atoms with van der Waals surface area (Å²) in [5.74, 6) is 1.45. The van der Waals surface area contributed by atoms with Crippen LogP contribution >= 0.6 is 0 Å². The number of hydrogen-bond acceptors (Lipinski definition) is 3. The van der Waals surface area contributed by atoms with Gasteiger partial charge in [0.05, 0.1) is 11.0 Å². The molecule has 0 amide bonds. The van der Waals surface area contributed by atoms with Crippen molar-refractivity contribution in [2.24, 2.45) is 0 Å². The largest absolute Gasteiger partial charge is 0.489 e. The van der Waals surface area contributed by atoms with Gasteiger partial charge in [0.2, 0.25) is 0 Å². The van der Waals surface area contributed by atoms with E-state index in [9.17, 15) is 5.11 Å². The lowest BCUT2D eigenvalue weighted by atomic mass is 9.85. The summed E-state index contributed by atoms with van der Waals surface area (Å²) >= 11 is 0. The molecule has 5 aromatic rings. The molecule has 4 aromatic carbocycles. The topological polar surface area (TPSA) is 47.3 Å². The van der Waals surface area contributed by atoms with E-state index in [0.717, 1.165) is 33.5 Å². The summed E-state index contributed by atoms with van der Waals surface area (Å²) in [7, 11) is 0. The maximum atomic E-state index is 12.3. The van der Waals surface area contributed by atoms with E-state index in [1.165, 1.54) is 0 Å². The first-order valence-electron chi connectivity index (χ1n) is 11.2. The van der Waals surface area contributed by atoms with Crippen LogP contribution in [-0.4, -0.2) is 14.7 Å². The van der Waals surface area contributed by atoms with Gasteiger partial charge in [-0.1, -0.05) is 84.9 Å². The van der Waals surface area contributed by atoms with Crippen molar-refractivity contribution in [3.05, 3.63) is 132 Å². The molecule has 33 heavy (non-hydrogen) atoms.